The first kappa shape index (κ1) is 30.0. The molecule has 1 heterocycles. The van der Waals surface area contributed by atoms with Gasteiger partial charge in [0.05, 0.1) is 11.4 Å². The van der Waals surface area contributed by atoms with E-state index in [1.54, 1.807) is 0 Å². The molecule has 0 fully saturated rings. The Hall–Kier alpha value is -6.90. The van der Waals surface area contributed by atoms with Crippen molar-refractivity contribution in [3.63, 3.8) is 0 Å². The molecule has 0 aliphatic heterocycles. The van der Waals surface area contributed by atoms with E-state index in [1.165, 1.54) is 55.3 Å². The number of fused-ring (bicyclic) bond motifs is 3. The minimum absolute atomic E-state index is 0.708. The zero-order chi connectivity index (χ0) is 34.4. The molecular weight excluding hydrogens is 629 g/mol. The van der Waals surface area contributed by atoms with E-state index in [2.05, 4.69) is 182 Å². The fourth-order valence-corrected chi connectivity index (χ4v) is 7.68. The molecule has 0 unspecified atom stereocenters. The van der Waals surface area contributed by atoms with Gasteiger partial charge in [-0.2, -0.15) is 0 Å². The molecule has 1 aromatic heterocycles. The van der Waals surface area contributed by atoms with Crippen LogP contribution in [-0.2, 0) is 0 Å². The van der Waals surface area contributed by atoms with Gasteiger partial charge in [-0.25, -0.2) is 9.97 Å². The SMILES string of the molecule is c1ccc(-c2ccc(-c3nc(-c4ccccc4)cc(-c4cccc(-c5ccc(-c6ccc7c8c(cccc68)-c6ccccc6-7)cc5)c4)n3)cc2)cc1. The predicted molar refractivity (Wildman–Crippen MR) is 217 cm³/mol. The van der Waals surface area contributed by atoms with Gasteiger partial charge >= 0.3 is 0 Å². The number of rotatable bonds is 6. The van der Waals surface area contributed by atoms with Crippen molar-refractivity contribution in [2.45, 2.75) is 0 Å². The lowest BCUT2D eigenvalue weighted by molar-refractivity contribution is 1.18. The lowest BCUT2D eigenvalue weighted by atomic mass is 9.93. The van der Waals surface area contributed by atoms with Crippen molar-refractivity contribution < 1.29 is 0 Å². The van der Waals surface area contributed by atoms with Gasteiger partial charge in [-0.15, -0.1) is 0 Å². The first-order chi connectivity index (χ1) is 25.8. The van der Waals surface area contributed by atoms with E-state index in [-0.39, 0.29) is 0 Å². The van der Waals surface area contributed by atoms with E-state index in [9.17, 15) is 0 Å². The van der Waals surface area contributed by atoms with Gasteiger partial charge < -0.3 is 0 Å². The molecule has 0 radical (unpaired) electrons. The number of nitrogens with zero attached hydrogens (tertiary/aromatic N) is 2. The second-order valence-electron chi connectivity index (χ2n) is 13.4. The van der Waals surface area contributed by atoms with Crippen molar-refractivity contribution >= 4 is 10.8 Å². The summed E-state index contributed by atoms with van der Waals surface area (Å²) in [5, 5.41) is 2.65. The maximum absolute atomic E-state index is 5.14. The first-order valence-corrected chi connectivity index (χ1v) is 17.7. The fourth-order valence-electron chi connectivity index (χ4n) is 7.68. The summed E-state index contributed by atoms with van der Waals surface area (Å²) in [7, 11) is 0. The molecule has 0 N–H and O–H groups in total. The van der Waals surface area contributed by atoms with E-state index < -0.39 is 0 Å². The molecule has 9 aromatic rings. The summed E-state index contributed by atoms with van der Waals surface area (Å²) >= 11 is 0. The average molecular weight is 661 g/mol. The van der Waals surface area contributed by atoms with Gasteiger partial charge in [0, 0.05) is 16.7 Å². The summed E-state index contributed by atoms with van der Waals surface area (Å²) in [6, 6.07) is 69.1. The molecule has 242 valence electrons. The van der Waals surface area contributed by atoms with Crippen molar-refractivity contribution in [2.24, 2.45) is 0 Å². The molecule has 0 saturated carbocycles. The largest absolute Gasteiger partial charge is 0.228 e. The third-order valence-corrected chi connectivity index (χ3v) is 10.3. The molecule has 0 saturated heterocycles. The van der Waals surface area contributed by atoms with E-state index in [0.717, 1.165) is 39.2 Å². The van der Waals surface area contributed by atoms with Gasteiger partial charge in [-0.05, 0) is 78.5 Å². The van der Waals surface area contributed by atoms with Crippen LogP contribution in [0.4, 0.5) is 0 Å². The van der Waals surface area contributed by atoms with Crippen LogP contribution in [0.2, 0.25) is 0 Å². The smallest absolute Gasteiger partial charge is 0.160 e. The van der Waals surface area contributed by atoms with Crippen LogP contribution in [0.25, 0.3) is 100 Å². The van der Waals surface area contributed by atoms with Crippen molar-refractivity contribution in [2.75, 3.05) is 0 Å². The summed E-state index contributed by atoms with van der Waals surface area (Å²) in [5.41, 5.74) is 17.3. The predicted octanol–water partition coefficient (Wildman–Crippen LogP) is 13.3. The van der Waals surface area contributed by atoms with Crippen LogP contribution >= 0.6 is 0 Å². The van der Waals surface area contributed by atoms with Gasteiger partial charge in [0.15, 0.2) is 5.82 Å². The Bertz CT molecular complexity index is 2720. The zero-order valence-corrected chi connectivity index (χ0v) is 28.4. The van der Waals surface area contributed by atoms with Crippen molar-refractivity contribution in [3.05, 3.63) is 194 Å². The molecule has 0 amide bonds. The lowest BCUT2D eigenvalue weighted by Gasteiger charge is -2.12. The van der Waals surface area contributed by atoms with Gasteiger partial charge in [0.2, 0.25) is 0 Å². The van der Waals surface area contributed by atoms with Gasteiger partial charge in [0.25, 0.3) is 0 Å². The highest BCUT2D eigenvalue weighted by Crippen LogP contribution is 2.49. The number of hydrogen-bond donors (Lipinski definition) is 0. The van der Waals surface area contributed by atoms with Crippen LogP contribution in [0.15, 0.2) is 194 Å². The minimum Gasteiger partial charge on any atom is -0.228 e. The monoisotopic (exact) mass is 660 g/mol. The number of aromatic nitrogens is 2. The van der Waals surface area contributed by atoms with Gasteiger partial charge in [0.1, 0.15) is 0 Å². The summed E-state index contributed by atoms with van der Waals surface area (Å²) in [6.45, 7) is 0. The fraction of sp³-hybridized carbons (Fsp3) is 0. The summed E-state index contributed by atoms with van der Waals surface area (Å²) < 4.78 is 0. The molecule has 0 spiro atoms. The number of benzene rings is 8. The van der Waals surface area contributed by atoms with Crippen LogP contribution in [0.3, 0.4) is 0 Å². The average Bonchev–Trinajstić information content (AvgIpc) is 3.56. The lowest BCUT2D eigenvalue weighted by Crippen LogP contribution is -1.96. The molecular formula is C50H32N2. The first-order valence-electron chi connectivity index (χ1n) is 17.7. The Morgan fingerprint density at radius 3 is 1.42 bits per heavy atom. The quantitative estimate of drug-likeness (QED) is 0.177. The van der Waals surface area contributed by atoms with Crippen LogP contribution in [0.1, 0.15) is 0 Å². The van der Waals surface area contributed by atoms with Crippen LogP contribution in [-0.4, -0.2) is 9.97 Å². The Balaban J connectivity index is 1.00. The Morgan fingerprint density at radius 1 is 0.250 bits per heavy atom. The Kier molecular flexibility index (Phi) is 7.18. The molecule has 8 aromatic carbocycles. The highest BCUT2D eigenvalue weighted by atomic mass is 14.9. The highest BCUT2D eigenvalue weighted by molar-refractivity contribution is 6.18. The van der Waals surface area contributed by atoms with E-state index in [4.69, 9.17) is 9.97 Å². The van der Waals surface area contributed by atoms with Crippen molar-refractivity contribution in [1.29, 1.82) is 0 Å². The molecule has 2 nitrogen and oxygen atoms in total. The molecule has 1 aliphatic rings. The van der Waals surface area contributed by atoms with Crippen LogP contribution < -0.4 is 0 Å². The summed E-state index contributed by atoms with van der Waals surface area (Å²) in [5.74, 6) is 0.708. The second kappa shape index (κ2) is 12.5. The summed E-state index contributed by atoms with van der Waals surface area (Å²) in [4.78, 5) is 10.2. The van der Waals surface area contributed by atoms with Crippen molar-refractivity contribution in [3.8, 4) is 89.5 Å². The standard InChI is InChI=1S/C50H32N2/c1-3-11-33(12-4-1)34-23-27-38(28-24-34)50-51-47(37-13-5-2-6-14-37)32-48(52-50)40-16-9-15-39(31-40)35-21-25-36(26-22-35)41-29-30-46-43-18-8-7-17-42(43)45-20-10-19-44(41)49(45)46/h1-32H. The maximum atomic E-state index is 5.14. The number of hydrogen-bond acceptors (Lipinski definition) is 2. The Morgan fingerprint density at radius 2 is 0.712 bits per heavy atom. The van der Waals surface area contributed by atoms with E-state index >= 15 is 0 Å². The Labute approximate surface area is 303 Å². The molecule has 0 atom stereocenters. The highest BCUT2D eigenvalue weighted by Gasteiger charge is 2.22. The molecule has 1 aliphatic carbocycles. The van der Waals surface area contributed by atoms with Gasteiger partial charge in [-0.1, -0.05) is 182 Å². The minimum atomic E-state index is 0.708. The molecule has 52 heavy (non-hydrogen) atoms. The van der Waals surface area contributed by atoms with Crippen LogP contribution in [0.5, 0.6) is 0 Å². The maximum Gasteiger partial charge on any atom is 0.160 e. The molecule has 0 bridgehead atoms. The summed E-state index contributed by atoms with van der Waals surface area (Å²) in [6.07, 6.45) is 0. The zero-order valence-electron chi connectivity index (χ0n) is 28.4. The third kappa shape index (κ3) is 5.21. The van der Waals surface area contributed by atoms with Crippen LogP contribution in [0, 0.1) is 0 Å². The topological polar surface area (TPSA) is 25.8 Å². The van der Waals surface area contributed by atoms with E-state index in [0.29, 0.717) is 5.82 Å². The molecule has 2 heteroatoms. The van der Waals surface area contributed by atoms with Crippen molar-refractivity contribution in [1.82, 2.24) is 9.97 Å². The second-order valence-corrected chi connectivity index (χ2v) is 13.4. The molecule has 10 rings (SSSR count). The van der Waals surface area contributed by atoms with Gasteiger partial charge in [-0.3, -0.25) is 0 Å². The van der Waals surface area contributed by atoms with E-state index in [1.807, 2.05) is 12.1 Å². The normalized spacial score (nSPS) is 11.5. The third-order valence-electron chi connectivity index (χ3n) is 10.3.